The minimum absolute atomic E-state index is 0.169. The van der Waals surface area contributed by atoms with E-state index in [2.05, 4.69) is 63.5 Å². The molecule has 1 aromatic carbocycles. The Morgan fingerprint density at radius 1 is 1.03 bits per heavy atom. The lowest BCUT2D eigenvalue weighted by atomic mass is 9.82. The highest BCUT2D eigenvalue weighted by Gasteiger charge is 2.52. The summed E-state index contributed by atoms with van der Waals surface area (Å²) >= 11 is 0. The standard InChI is InChI=1S/C26H28N6O2/c1-17-6-3-7-18(2)23(17)32-25(28-29-30-32)24(19-8-4-12-27-16-19)31-20-10-11-21(31)15-26(33,14-20)22-9-5-13-34-22/h3-9,12-13,16,20-21,24,33H,10-11,14-15H2,1-2H3/t20-,21-,24-/m1/s1. The van der Waals surface area contributed by atoms with Crippen LogP contribution in [0, 0.1) is 13.8 Å². The Hall–Kier alpha value is -3.36. The highest BCUT2D eigenvalue weighted by atomic mass is 16.4. The first-order valence-electron chi connectivity index (χ1n) is 11.8. The third-order valence-electron chi connectivity index (χ3n) is 7.49. The number of pyridine rings is 1. The fraction of sp³-hybridized carbons (Fsp3) is 0.385. The molecule has 8 heteroatoms. The van der Waals surface area contributed by atoms with E-state index in [0.717, 1.165) is 41.0 Å². The van der Waals surface area contributed by atoms with Crippen molar-refractivity contribution in [1.82, 2.24) is 30.1 Å². The Balaban J connectivity index is 1.45. The highest BCUT2D eigenvalue weighted by Crippen LogP contribution is 2.50. The monoisotopic (exact) mass is 456 g/mol. The van der Waals surface area contributed by atoms with Crippen molar-refractivity contribution in [3.63, 3.8) is 0 Å². The Kier molecular flexibility index (Phi) is 5.08. The zero-order valence-corrected chi connectivity index (χ0v) is 19.4. The number of rotatable bonds is 5. The lowest BCUT2D eigenvalue weighted by Gasteiger charge is -2.46. The topological polar surface area (TPSA) is 93.1 Å². The van der Waals surface area contributed by atoms with Gasteiger partial charge in [0.05, 0.1) is 18.0 Å². The van der Waals surface area contributed by atoms with E-state index >= 15 is 0 Å². The number of para-hydroxylation sites is 1. The van der Waals surface area contributed by atoms with Crippen molar-refractivity contribution < 1.29 is 9.52 Å². The minimum Gasteiger partial charge on any atom is -0.466 e. The van der Waals surface area contributed by atoms with Gasteiger partial charge in [-0.1, -0.05) is 24.3 Å². The van der Waals surface area contributed by atoms with Gasteiger partial charge in [-0.2, -0.15) is 4.68 Å². The second-order valence-corrected chi connectivity index (χ2v) is 9.63. The van der Waals surface area contributed by atoms with E-state index in [9.17, 15) is 5.11 Å². The average molecular weight is 457 g/mol. The van der Waals surface area contributed by atoms with Crippen LogP contribution in [0.1, 0.15) is 60.0 Å². The zero-order chi connectivity index (χ0) is 23.3. The van der Waals surface area contributed by atoms with Crippen LogP contribution in [-0.4, -0.2) is 47.3 Å². The van der Waals surface area contributed by atoms with Crippen molar-refractivity contribution in [3.05, 3.63) is 89.4 Å². The second kappa shape index (κ2) is 8.14. The molecule has 0 unspecified atom stereocenters. The molecule has 0 amide bonds. The Bertz CT molecular complexity index is 1250. The van der Waals surface area contributed by atoms with Gasteiger partial charge in [-0.15, -0.1) is 5.10 Å². The van der Waals surface area contributed by atoms with Crippen molar-refractivity contribution in [2.75, 3.05) is 0 Å². The first-order valence-corrected chi connectivity index (χ1v) is 11.8. The van der Waals surface area contributed by atoms with Crippen molar-refractivity contribution in [2.45, 2.75) is 63.3 Å². The molecule has 2 saturated heterocycles. The maximum atomic E-state index is 11.5. The summed E-state index contributed by atoms with van der Waals surface area (Å²) in [5.41, 5.74) is 3.33. The van der Waals surface area contributed by atoms with Gasteiger partial charge in [0.25, 0.3) is 0 Å². The number of piperidine rings is 1. The van der Waals surface area contributed by atoms with Gasteiger partial charge in [-0.3, -0.25) is 9.88 Å². The molecular formula is C26H28N6O2. The smallest absolute Gasteiger partial charge is 0.178 e. The number of hydrogen-bond acceptors (Lipinski definition) is 7. The van der Waals surface area contributed by atoms with E-state index in [1.807, 2.05) is 29.1 Å². The summed E-state index contributed by atoms with van der Waals surface area (Å²) in [6.07, 6.45) is 8.57. The number of tetrazole rings is 1. The van der Waals surface area contributed by atoms with Crippen LogP contribution < -0.4 is 0 Å². The van der Waals surface area contributed by atoms with Crippen LogP contribution >= 0.6 is 0 Å². The molecule has 2 bridgehead atoms. The van der Waals surface area contributed by atoms with Gasteiger partial charge in [-0.25, -0.2) is 0 Å². The molecular weight excluding hydrogens is 428 g/mol. The third-order valence-corrected chi connectivity index (χ3v) is 7.49. The molecule has 2 aliphatic rings. The summed E-state index contributed by atoms with van der Waals surface area (Å²) in [5.74, 6) is 1.42. The maximum absolute atomic E-state index is 11.5. The molecule has 34 heavy (non-hydrogen) atoms. The van der Waals surface area contributed by atoms with E-state index in [0.29, 0.717) is 18.6 Å². The molecule has 1 N–H and O–H groups in total. The number of benzene rings is 1. The maximum Gasteiger partial charge on any atom is 0.178 e. The van der Waals surface area contributed by atoms with Crippen molar-refractivity contribution >= 4 is 0 Å². The number of furan rings is 1. The first-order chi connectivity index (χ1) is 16.5. The molecule has 0 spiro atoms. The van der Waals surface area contributed by atoms with E-state index in [1.165, 1.54) is 0 Å². The summed E-state index contributed by atoms with van der Waals surface area (Å²) in [6, 6.07) is 14.2. The molecule has 5 heterocycles. The molecule has 3 aromatic heterocycles. The zero-order valence-electron chi connectivity index (χ0n) is 19.4. The van der Waals surface area contributed by atoms with Gasteiger partial charge in [0, 0.05) is 24.5 Å². The highest BCUT2D eigenvalue weighted by molar-refractivity contribution is 5.47. The number of aromatic nitrogens is 5. The fourth-order valence-corrected chi connectivity index (χ4v) is 6.08. The SMILES string of the molecule is Cc1cccc(C)c1-n1nnnc1[C@@H](c1cccnc1)N1[C@@H]2CC[C@@H]1CC(O)(c1ccco1)C2. The van der Waals surface area contributed by atoms with Gasteiger partial charge >= 0.3 is 0 Å². The summed E-state index contributed by atoms with van der Waals surface area (Å²) in [5, 5.41) is 24.6. The van der Waals surface area contributed by atoms with E-state index < -0.39 is 5.60 Å². The van der Waals surface area contributed by atoms with Crippen molar-refractivity contribution in [1.29, 1.82) is 0 Å². The third kappa shape index (κ3) is 3.36. The van der Waals surface area contributed by atoms with Crippen LogP contribution in [0.25, 0.3) is 5.69 Å². The van der Waals surface area contributed by atoms with Crippen molar-refractivity contribution in [3.8, 4) is 5.69 Å². The summed E-state index contributed by atoms with van der Waals surface area (Å²) in [4.78, 5) is 6.92. The molecule has 0 aliphatic carbocycles. The van der Waals surface area contributed by atoms with Crippen LogP contribution in [0.4, 0.5) is 0 Å². The van der Waals surface area contributed by atoms with Crippen LogP contribution in [0.15, 0.2) is 65.5 Å². The molecule has 0 saturated carbocycles. The average Bonchev–Trinajstić information content (AvgIpc) is 3.58. The predicted octanol–water partition coefficient (Wildman–Crippen LogP) is 3.87. The summed E-state index contributed by atoms with van der Waals surface area (Å²) in [6.45, 7) is 4.17. The van der Waals surface area contributed by atoms with E-state index in [4.69, 9.17) is 4.42 Å². The first kappa shape index (κ1) is 21.2. The van der Waals surface area contributed by atoms with E-state index in [-0.39, 0.29) is 18.1 Å². The number of aliphatic hydroxyl groups is 1. The number of fused-ring (bicyclic) bond motifs is 2. The van der Waals surface area contributed by atoms with Crippen LogP contribution in [0.5, 0.6) is 0 Å². The molecule has 3 atom stereocenters. The van der Waals surface area contributed by atoms with Gasteiger partial charge < -0.3 is 9.52 Å². The summed E-state index contributed by atoms with van der Waals surface area (Å²) in [7, 11) is 0. The molecule has 6 rings (SSSR count). The largest absolute Gasteiger partial charge is 0.466 e. The summed E-state index contributed by atoms with van der Waals surface area (Å²) < 4.78 is 7.53. The van der Waals surface area contributed by atoms with Gasteiger partial charge in [-0.05, 0) is 84.8 Å². The number of aryl methyl sites for hydroxylation is 2. The lowest BCUT2D eigenvalue weighted by Crippen LogP contribution is -2.51. The van der Waals surface area contributed by atoms with Crippen molar-refractivity contribution in [2.24, 2.45) is 0 Å². The van der Waals surface area contributed by atoms with E-state index in [1.54, 1.807) is 12.5 Å². The molecule has 2 aliphatic heterocycles. The Morgan fingerprint density at radius 2 is 1.79 bits per heavy atom. The molecule has 2 fully saturated rings. The lowest BCUT2D eigenvalue weighted by molar-refractivity contribution is -0.0791. The molecule has 174 valence electrons. The number of hydrogen-bond donors (Lipinski definition) is 1. The normalized spacial score (nSPS) is 25.5. The minimum atomic E-state index is -0.955. The fourth-order valence-electron chi connectivity index (χ4n) is 6.08. The van der Waals surface area contributed by atoms with Gasteiger partial charge in [0.1, 0.15) is 11.4 Å². The molecule has 0 radical (unpaired) electrons. The molecule has 8 nitrogen and oxygen atoms in total. The van der Waals surface area contributed by atoms with Crippen LogP contribution in [0.2, 0.25) is 0 Å². The van der Waals surface area contributed by atoms with Crippen LogP contribution in [0.3, 0.4) is 0 Å². The number of nitrogens with zero attached hydrogens (tertiary/aromatic N) is 6. The second-order valence-electron chi connectivity index (χ2n) is 9.63. The Labute approximate surface area is 198 Å². The van der Waals surface area contributed by atoms with Gasteiger partial charge in [0.15, 0.2) is 5.82 Å². The van der Waals surface area contributed by atoms with Gasteiger partial charge in [0.2, 0.25) is 0 Å². The quantitative estimate of drug-likeness (QED) is 0.487. The van der Waals surface area contributed by atoms with Crippen LogP contribution in [-0.2, 0) is 5.60 Å². The molecule has 4 aromatic rings. The predicted molar refractivity (Wildman–Crippen MR) is 125 cm³/mol. The Morgan fingerprint density at radius 3 is 2.44 bits per heavy atom.